The van der Waals surface area contributed by atoms with Crippen LogP contribution >= 0.6 is 0 Å². The standard InChI is InChI=1S/C16H21N3O/c17-13-6-7-15-14(10-13)19-16(11-20-15)18-9-8-12-4-2-1-3-5-12/h4,6-7,10H,1-3,5,8-9,11,17H2,(H,18,19). The molecule has 4 nitrogen and oxygen atoms in total. The molecule has 0 atom stereocenters. The first kappa shape index (κ1) is 13.0. The smallest absolute Gasteiger partial charge is 0.145 e. The van der Waals surface area contributed by atoms with Gasteiger partial charge in [-0.2, -0.15) is 0 Å². The van der Waals surface area contributed by atoms with Crippen molar-refractivity contribution in [2.75, 3.05) is 24.2 Å². The highest BCUT2D eigenvalue weighted by Gasteiger charge is 2.14. The molecule has 3 N–H and O–H groups in total. The zero-order valence-corrected chi connectivity index (χ0v) is 11.7. The first-order valence-electron chi connectivity index (χ1n) is 7.32. The van der Waals surface area contributed by atoms with Crippen LogP contribution in [-0.4, -0.2) is 19.0 Å². The fourth-order valence-corrected chi connectivity index (χ4v) is 2.66. The summed E-state index contributed by atoms with van der Waals surface area (Å²) in [6.45, 7) is 1.34. The van der Waals surface area contributed by atoms with Crippen molar-refractivity contribution in [3.8, 4) is 5.75 Å². The van der Waals surface area contributed by atoms with Crippen LogP contribution in [0.25, 0.3) is 0 Å². The molecule has 1 heterocycles. The molecule has 0 amide bonds. The maximum atomic E-state index is 5.78. The molecule has 1 aromatic carbocycles. The lowest BCUT2D eigenvalue weighted by Crippen LogP contribution is -2.26. The molecule has 0 aromatic heterocycles. The number of ether oxygens (including phenoxy) is 1. The van der Waals surface area contributed by atoms with E-state index in [1.54, 1.807) is 5.57 Å². The van der Waals surface area contributed by atoms with Crippen molar-refractivity contribution < 1.29 is 4.74 Å². The summed E-state index contributed by atoms with van der Waals surface area (Å²) < 4.78 is 5.67. The van der Waals surface area contributed by atoms with Gasteiger partial charge in [0.05, 0.1) is 5.69 Å². The van der Waals surface area contributed by atoms with Crippen LogP contribution in [0.5, 0.6) is 5.75 Å². The Bertz CT molecular complexity index is 549. The van der Waals surface area contributed by atoms with Crippen molar-refractivity contribution in [3.05, 3.63) is 29.8 Å². The van der Waals surface area contributed by atoms with E-state index in [2.05, 4.69) is 16.4 Å². The fourth-order valence-electron chi connectivity index (χ4n) is 2.66. The second-order valence-corrected chi connectivity index (χ2v) is 5.36. The summed E-state index contributed by atoms with van der Waals surface area (Å²) in [5, 5.41) is 3.30. The van der Waals surface area contributed by atoms with E-state index in [-0.39, 0.29) is 0 Å². The highest BCUT2D eigenvalue weighted by atomic mass is 16.5. The van der Waals surface area contributed by atoms with Gasteiger partial charge in [0, 0.05) is 12.2 Å². The number of nitrogens with two attached hydrogens (primary N) is 1. The number of amidine groups is 1. The molecule has 20 heavy (non-hydrogen) atoms. The number of nitrogens with zero attached hydrogens (tertiary/aromatic N) is 1. The highest BCUT2D eigenvalue weighted by molar-refractivity contribution is 6.00. The number of hydrogen-bond acceptors (Lipinski definition) is 3. The number of nitrogen functional groups attached to an aromatic ring is 1. The Morgan fingerprint density at radius 1 is 1.30 bits per heavy atom. The van der Waals surface area contributed by atoms with Crippen molar-refractivity contribution in [1.82, 2.24) is 0 Å². The van der Waals surface area contributed by atoms with Gasteiger partial charge in [-0.15, -0.1) is 0 Å². The average Bonchev–Trinajstić information content (AvgIpc) is 2.48. The van der Waals surface area contributed by atoms with Crippen molar-refractivity contribution in [1.29, 1.82) is 0 Å². The second kappa shape index (κ2) is 5.99. The number of allylic oxidation sites excluding steroid dienone is 1. The molecular weight excluding hydrogens is 250 g/mol. The topological polar surface area (TPSA) is 59.6 Å². The predicted octanol–water partition coefficient (Wildman–Crippen LogP) is 3.36. The van der Waals surface area contributed by atoms with Gasteiger partial charge in [0.25, 0.3) is 0 Å². The fraction of sp³-hybridized carbons (Fsp3) is 0.438. The van der Waals surface area contributed by atoms with Crippen LogP contribution < -0.4 is 15.8 Å². The van der Waals surface area contributed by atoms with E-state index in [9.17, 15) is 0 Å². The third-order valence-electron chi connectivity index (χ3n) is 3.77. The monoisotopic (exact) mass is 271 g/mol. The summed E-state index contributed by atoms with van der Waals surface area (Å²) in [7, 11) is 0. The zero-order chi connectivity index (χ0) is 13.8. The molecule has 1 aromatic rings. The molecule has 0 fully saturated rings. The number of benzene rings is 1. The lowest BCUT2D eigenvalue weighted by Gasteiger charge is -2.21. The SMILES string of the molecule is Nc1ccc2c(c1)NC(=NCCC1=CCCCC1)CO2. The second-order valence-electron chi connectivity index (χ2n) is 5.36. The normalized spacial score (nSPS) is 19.8. The van der Waals surface area contributed by atoms with Gasteiger partial charge in [-0.05, 0) is 50.3 Å². The van der Waals surface area contributed by atoms with Crippen LogP contribution in [0.15, 0.2) is 34.8 Å². The van der Waals surface area contributed by atoms with Crippen molar-refractivity contribution >= 4 is 17.2 Å². The number of hydrogen-bond donors (Lipinski definition) is 2. The van der Waals surface area contributed by atoms with Gasteiger partial charge in [0.2, 0.25) is 0 Å². The Kier molecular flexibility index (Phi) is 3.90. The van der Waals surface area contributed by atoms with Gasteiger partial charge in [-0.3, -0.25) is 4.99 Å². The minimum Gasteiger partial charge on any atom is -0.484 e. The Balaban J connectivity index is 1.58. The van der Waals surface area contributed by atoms with Crippen LogP contribution in [0, 0.1) is 0 Å². The van der Waals surface area contributed by atoms with Crippen LogP contribution in [-0.2, 0) is 0 Å². The van der Waals surface area contributed by atoms with Crippen molar-refractivity contribution in [2.24, 2.45) is 4.99 Å². The maximum absolute atomic E-state index is 5.78. The first-order chi connectivity index (χ1) is 9.81. The molecule has 3 rings (SSSR count). The van der Waals surface area contributed by atoms with E-state index >= 15 is 0 Å². The van der Waals surface area contributed by atoms with Gasteiger partial charge in [0.1, 0.15) is 18.2 Å². The van der Waals surface area contributed by atoms with Gasteiger partial charge in [-0.1, -0.05) is 11.6 Å². The minimum atomic E-state index is 0.510. The molecule has 0 spiro atoms. The number of fused-ring (bicyclic) bond motifs is 1. The molecular formula is C16H21N3O. The summed E-state index contributed by atoms with van der Waals surface area (Å²) in [4.78, 5) is 4.60. The molecule has 4 heteroatoms. The Hall–Kier alpha value is -1.97. The lowest BCUT2D eigenvalue weighted by atomic mass is 9.97. The van der Waals surface area contributed by atoms with Gasteiger partial charge in [-0.25, -0.2) is 0 Å². The van der Waals surface area contributed by atoms with E-state index in [1.165, 1.54) is 25.7 Å². The van der Waals surface area contributed by atoms with E-state index in [4.69, 9.17) is 10.5 Å². The Labute approximate surface area is 119 Å². The molecule has 106 valence electrons. The Morgan fingerprint density at radius 2 is 2.25 bits per heavy atom. The lowest BCUT2D eigenvalue weighted by molar-refractivity contribution is 0.372. The molecule has 0 unspecified atom stereocenters. The third-order valence-corrected chi connectivity index (χ3v) is 3.77. The summed E-state index contributed by atoms with van der Waals surface area (Å²) in [6.07, 6.45) is 8.59. The predicted molar refractivity (Wildman–Crippen MR) is 83.4 cm³/mol. The van der Waals surface area contributed by atoms with Crippen molar-refractivity contribution in [3.63, 3.8) is 0 Å². The molecule has 1 aliphatic carbocycles. The average molecular weight is 271 g/mol. The molecule has 0 radical (unpaired) electrons. The molecule has 0 bridgehead atoms. The number of nitrogens with one attached hydrogen (secondary N) is 1. The molecule has 1 aliphatic heterocycles. The van der Waals surface area contributed by atoms with Gasteiger partial charge in [0.15, 0.2) is 0 Å². The van der Waals surface area contributed by atoms with E-state index < -0.39 is 0 Å². The first-order valence-corrected chi connectivity index (χ1v) is 7.32. The van der Waals surface area contributed by atoms with Gasteiger partial charge < -0.3 is 15.8 Å². The Morgan fingerprint density at radius 3 is 3.10 bits per heavy atom. The summed E-state index contributed by atoms with van der Waals surface area (Å²) >= 11 is 0. The van der Waals surface area contributed by atoms with E-state index in [1.807, 2.05) is 18.2 Å². The van der Waals surface area contributed by atoms with Crippen LogP contribution in [0.3, 0.4) is 0 Å². The summed E-state index contributed by atoms with van der Waals surface area (Å²) in [5.74, 6) is 1.73. The highest BCUT2D eigenvalue weighted by Crippen LogP contribution is 2.29. The third kappa shape index (κ3) is 3.13. The van der Waals surface area contributed by atoms with Crippen LogP contribution in [0.1, 0.15) is 32.1 Å². The molecule has 0 saturated carbocycles. The molecule has 2 aliphatic rings. The minimum absolute atomic E-state index is 0.510. The maximum Gasteiger partial charge on any atom is 0.145 e. The number of rotatable bonds is 3. The van der Waals surface area contributed by atoms with E-state index in [0.29, 0.717) is 6.61 Å². The van der Waals surface area contributed by atoms with E-state index in [0.717, 1.165) is 35.9 Å². The van der Waals surface area contributed by atoms with Crippen LogP contribution in [0.2, 0.25) is 0 Å². The summed E-state index contributed by atoms with van der Waals surface area (Å²) in [6, 6.07) is 5.62. The quantitative estimate of drug-likeness (QED) is 0.654. The molecule has 0 saturated heterocycles. The van der Waals surface area contributed by atoms with Gasteiger partial charge >= 0.3 is 0 Å². The largest absolute Gasteiger partial charge is 0.484 e. The van der Waals surface area contributed by atoms with Crippen molar-refractivity contribution in [2.45, 2.75) is 32.1 Å². The number of aliphatic imine (C=N–C) groups is 1. The van der Waals surface area contributed by atoms with Crippen LogP contribution in [0.4, 0.5) is 11.4 Å². The zero-order valence-electron chi connectivity index (χ0n) is 11.7. The summed E-state index contributed by atoms with van der Waals surface area (Å²) in [5.41, 5.74) is 8.98. The number of anilines is 2.